The first-order chi connectivity index (χ1) is 17.3. The topological polar surface area (TPSA) is 120 Å². The fourth-order valence-electron chi connectivity index (χ4n) is 4.56. The maximum Gasteiger partial charge on any atom is 0.246 e. The molecule has 0 aromatic heterocycles. The Hall–Kier alpha value is -3.77. The minimum absolute atomic E-state index is 0.197. The highest BCUT2D eigenvalue weighted by Gasteiger charge is 2.42. The predicted molar refractivity (Wildman–Crippen MR) is 133 cm³/mol. The molecule has 3 rings (SSSR count). The molecule has 190 valence electrons. The minimum Gasteiger partial charge on any atom is -0.357 e. The van der Waals surface area contributed by atoms with Gasteiger partial charge in [0.25, 0.3) is 0 Å². The van der Waals surface area contributed by atoms with Crippen LogP contribution in [0.2, 0.25) is 0 Å². The average Bonchev–Trinajstić information content (AvgIpc) is 2.89. The summed E-state index contributed by atoms with van der Waals surface area (Å²) >= 11 is 0. The summed E-state index contributed by atoms with van der Waals surface area (Å²) in [7, 11) is 1.52. The van der Waals surface area contributed by atoms with Crippen LogP contribution in [0, 0.1) is 17.1 Å². The molecular formula is C27H32FN5O3. The third-order valence-corrected chi connectivity index (χ3v) is 6.49. The number of nitrogens with one attached hydrogen (secondary N) is 1. The maximum atomic E-state index is 13.6. The van der Waals surface area contributed by atoms with Crippen molar-refractivity contribution in [3.8, 4) is 6.07 Å². The molecule has 1 saturated heterocycles. The van der Waals surface area contributed by atoms with E-state index in [9.17, 15) is 18.8 Å². The van der Waals surface area contributed by atoms with Crippen molar-refractivity contribution >= 4 is 17.7 Å². The van der Waals surface area contributed by atoms with Gasteiger partial charge in [-0.05, 0) is 48.2 Å². The monoisotopic (exact) mass is 493 g/mol. The van der Waals surface area contributed by atoms with Crippen molar-refractivity contribution in [2.45, 2.75) is 50.7 Å². The van der Waals surface area contributed by atoms with E-state index in [1.54, 1.807) is 41.3 Å². The van der Waals surface area contributed by atoms with Crippen LogP contribution >= 0.6 is 0 Å². The van der Waals surface area contributed by atoms with Gasteiger partial charge in [0.1, 0.15) is 17.9 Å². The molecule has 1 aliphatic heterocycles. The molecule has 2 aromatic rings. The Morgan fingerprint density at radius 1 is 1.11 bits per heavy atom. The van der Waals surface area contributed by atoms with E-state index in [0.717, 1.165) is 11.1 Å². The Morgan fingerprint density at radius 2 is 1.72 bits per heavy atom. The van der Waals surface area contributed by atoms with Gasteiger partial charge >= 0.3 is 0 Å². The number of amides is 3. The number of likely N-dealkylation sites (N-methyl/N-ethyl adjacent to an activating group) is 1. The number of benzene rings is 2. The van der Waals surface area contributed by atoms with E-state index in [1.807, 2.05) is 6.92 Å². The highest BCUT2D eigenvalue weighted by molar-refractivity contribution is 5.94. The Morgan fingerprint density at radius 3 is 2.31 bits per heavy atom. The van der Waals surface area contributed by atoms with Crippen LogP contribution in [0.15, 0.2) is 48.5 Å². The van der Waals surface area contributed by atoms with Gasteiger partial charge in [0, 0.05) is 26.6 Å². The number of carbonyl (C=O) groups excluding carboxylic acids is 3. The summed E-state index contributed by atoms with van der Waals surface area (Å²) in [5.74, 6) is -1.28. The molecule has 3 amide bonds. The fourth-order valence-corrected chi connectivity index (χ4v) is 4.56. The first kappa shape index (κ1) is 26.8. The summed E-state index contributed by atoms with van der Waals surface area (Å²) in [6.45, 7) is 2.38. The molecule has 8 nitrogen and oxygen atoms in total. The zero-order valence-electron chi connectivity index (χ0n) is 20.6. The van der Waals surface area contributed by atoms with E-state index in [4.69, 9.17) is 11.0 Å². The summed E-state index contributed by atoms with van der Waals surface area (Å²) in [5, 5.41) is 11.7. The van der Waals surface area contributed by atoms with E-state index in [2.05, 4.69) is 11.4 Å². The third kappa shape index (κ3) is 6.26. The SMILES string of the molecule is CCCC1C(=O)N(C(Cc2ccc(C#N)cc2)C(=O)NC)CCN1C(=O)C(N)Cc1ccc(F)cc1. The second-order valence-electron chi connectivity index (χ2n) is 8.95. The number of nitriles is 1. The number of nitrogens with two attached hydrogens (primary N) is 1. The Labute approximate surface area is 210 Å². The molecule has 0 bridgehead atoms. The minimum atomic E-state index is -0.873. The van der Waals surface area contributed by atoms with E-state index in [0.29, 0.717) is 18.4 Å². The summed E-state index contributed by atoms with van der Waals surface area (Å²) in [6, 6.07) is 12.4. The van der Waals surface area contributed by atoms with Gasteiger partial charge < -0.3 is 20.9 Å². The van der Waals surface area contributed by atoms with Crippen molar-refractivity contribution in [1.82, 2.24) is 15.1 Å². The lowest BCUT2D eigenvalue weighted by molar-refractivity contribution is -0.156. The van der Waals surface area contributed by atoms with E-state index in [-0.39, 0.29) is 49.5 Å². The van der Waals surface area contributed by atoms with Crippen LogP contribution in [0.4, 0.5) is 4.39 Å². The highest BCUT2D eigenvalue weighted by Crippen LogP contribution is 2.22. The molecule has 0 saturated carbocycles. The lowest BCUT2D eigenvalue weighted by atomic mass is 9.97. The molecule has 1 aliphatic rings. The largest absolute Gasteiger partial charge is 0.357 e. The molecule has 3 unspecified atom stereocenters. The first-order valence-electron chi connectivity index (χ1n) is 12.1. The van der Waals surface area contributed by atoms with Crippen LogP contribution in [-0.4, -0.2) is 65.8 Å². The molecule has 3 N–H and O–H groups in total. The number of hydrogen-bond donors (Lipinski definition) is 2. The fraction of sp³-hybridized carbons (Fsp3) is 0.407. The molecule has 0 radical (unpaired) electrons. The second kappa shape index (κ2) is 12.3. The van der Waals surface area contributed by atoms with Gasteiger partial charge in [0.2, 0.25) is 17.7 Å². The standard InChI is InChI=1S/C27H32FN5O3/c1-3-4-23-27(36)33(24(25(34)31-2)16-19-5-7-20(17-29)8-6-19)14-13-32(23)26(35)22(30)15-18-9-11-21(28)12-10-18/h5-12,22-24H,3-4,13-16,30H2,1-2H3,(H,31,34). The van der Waals surface area contributed by atoms with Crippen molar-refractivity contribution in [2.24, 2.45) is 5.73 Å². The second-order valence-corrected chi connectivity index (χ2v) is 8.95. The summed E-state index contributed by atoms with van der Waals surface area (Å²) < 4.78 is 13.2. The molecule has 0 aliphatic carbocycles. The van der Waals surface area contributed by atoms with E-state index >= 15 is 0 Å². The number of rotatable bonds is 9. The molecule has 36 heavy (non-hydrogen) atoms. The van der Waals surface area contributed by atoms with Crippen LogP contribution in [0.5, 0.6) is 0 Å². The lowest BCUT2D eigenvalue weighted by Gasteiger charge is -2.44. The number of halogens is 1. The molecule has 3 atom stereocenters. The van der Waals surface area contributed by atoms with Crippen molar-refractivity contribution < 1.29 is 18.8 Å². The van der Waals surface area contributed by atoms with E-state index < -0.39 is 18.1 Å². The highest BCUT2D eigenvalue weighted by atomic mass is 19.1. The van der Waals surface area contributed by atoms with Crippen LogP contribution in [-0.2, 0) is 27.2 Å². The van der Waals surface area contributed by atoms with Gasteiger partial charge in [-0.25, -0.2) is 4.39 Å². The Kier molecular flexibility index (Phi) is 9.14. The zero-order valence-corrected chi connectivity index (χ0v) is 20.6. The van der Waals surface area contributed by atoms with Crippen LogP contribution in [0.1, 0.15) is 36.5 Å². The van der Waals surface area contributed by atoms with Gasteiger partial charge in [0.05, 0.1) is 17.7 Å². The molecule has 0 spiro atoms. The maximum absolute atomic E-state index is 13.6. The van der Waals surface area contributed by atoms with Gasteiger partial charge in [-0.1, -0.05) is 37.6 Å². The van der Waals surface area contributed by atoms with Gasteiger partial charge in [-0.3, -0.25) is 14.4 Å². The number of nitrogens with zero attached hydrogens (tertiary/aromatic N) is 3. The van der Waals surface area contributed by atoms with Gasteiger partial charge in [-0.15, -0.1) is 0 Å². The van der Waals surface area contributed by atoms with Crippen LogP contribution in [0.25, 0.3) is 0 Å². The number of hydrogen-bond acceptors (Lipinski definition) is 5. The third-order valence-electron chi connectivity index (χ3n) is 6.49. The average molecular weight is 494 g/mol. The Bertz CT molecular complexity index is 1110. The van der Waals surface area contributed by atoms with Gasteiger partial charge in [-0.2, -0.15) is 5.26 Å². The van der Waals surface area contributed by atoms with Gasteiger partial charge in [0.15, 0.2) is 0 Å². The lowest BCUT2D eigenvalue weighted by Crippen LogP contribution is -2.65. The summed E-state index contributed by atoms with van der Waals surface area (Å²) in [6.07, 6.45) is 1.63. The predicted octanol–water partition coefficient (Wildman–Crippen LogP) is 1.76. The first-order valence-corrected chi connectivity index (χ1v) is 12.1. The summed E-state index contributed by atoms with van der Waals surface area (Å²) in [5.41, 5.74) is 8.28. The normalized spacial score (nSPS) is 17.3. The van der Waals surface area contributed by atoms with Crippen molar-refractivity contribution in [2.75, 3.05) is 20.1 Å². The molecule has 1 fully saturated rings. The molecule has 1 heterocycles. The van der Waals surface area contributed by atoms with Crippen molar-refractivity contribution in [3.05, 3.63) is 71.0 Å². The molecule has 9 heteroatoms. The molecule has 2 aromatic carbocycles. The van der Waals surface area contributed by atoms with Crippen molar-refractivity contribution in [1.29, 1.82) is 5.26 Å². The van der Waals surface area contributed by atoms with Crippen LogP contribution < -0.4 is 11.1 Å². The quantitative estimate of drug-likeness (QED) is 0.552. The van der Waals surface area contributed by atoms with Crippen LogP contribution in [0.3, 0.4) is 0 Å². The smallest absolute Gasteiger partial charge is 0.246 e. The Balaban J connectivity index is 1.78. The summed E-state index contributed by atoms with van der Waals surface area (Å²) in [4.78, 5) is 42.8. The van der Waals surface area contributed by atoms with E-state index in [1.165, 1.54) is 24.1 Å². The number of piperazine rings is 1. The number of carbonyl (C=O) groups is 3. The molecular weight excluding hydrogens is 461 g/mol. The zero-order chi connectivity index (χ0) is 26.2. The van der Waals surface area contributed by atoms with Crippen molar-refractivity contribution in [3.63, 3.8) is 0 Å².